The van der Waals surface area contributed by atoms with Crippen LogP contribution in [-0.2, 0) is 9.59 Å². The van der Waals surface area contributed by atoms with Gasteiger partial charge in [-0.3, -0.25) is 14.5 Å². The molecule has 0 saturated carbocycles. The van der Waals surface area contributed by atoms with Crippen LogP contribution in [0.1, 0.15) is 32.1 Å². The highest BCUT2D eigenvalue weighted by atomic mass is 32.1. The molecule has 7 heteroatoms. The topological polar surface area (TPSA) is 84.6 Å². The second-order valence-corrected chi connectivity index (χ2v) is 7.32. The van der Waals surface area contributed by atoms with Crippen molar-refractivity contribution >= 4 is 34.2 Å². The minimum absolute atomic E-state index is 0.0188. The van der Waals surface area contributed by atoms with Gasteiger partial charge in [-0.1, -0.05) is 6.92 Å². The number of anilines is 1. The molecule has 1 aromatic rings. The maximum Gasteiger partial charge on any atom is 0.271 e. The fourth-order valence-electron chi connectivity index (χ4n) is 2.71. The van der Waals surface area contributed by atoms with Crippen molar-refractivity contribution in [3.8, 4) is 6.07 Å². The van der Waals surface area contributed by atoms with E-state index in [4.69, 9.17) is 5.11 Å². The lowest BCUT2D eigenvalue weighted by molar-refractivity contribution is -0.142. The minimum Gasteiger partial charge on any atom is -0.395 e. The van der Waals surface area contributed by atoms with Gasteiger partial charge in [0.05, 0.1) is 11.6 Å². The Morgan fingerprint density at radius 2 is 2.08 bits per heavy atom. The van der Waals surface area contributed by atoms with Crippen LogP contribution in [-0.4, -0.2) is 48.1 Å². The summed E-state index contributed by atoms with van der Waals surface area (Å²) in [6.07, 6.45) is 2.36. The van der Waals surface area contributed by atoms with E-state index in [1.165, 1.54) is 16.2 Å². The van der Waals surface area contributed by atoms with Crippen LogP contribution in [0.3, 0.4) is 0 Å². The Labute approximate surface area is 157 Å². The van der Waals surface area contributed by atoms with Crippen LogP contribution in [0.15, 0.2) is 28.9 Å². The maximum atomic E-state index is 12.9. The third kappa shape index (κ3) is 3.71. The molecule has 1 N–H and O–H groups in total. The third-order valence-corrected chi connectivity index (χ3v) is 5.66. The van der Waals surface area contributed by atoms with E-state index in [9.17, 15) is 14.9 Å². The van der Waals surface area contributed by atoms with E-state index in [1.54, 1.807) is 19.9 Å². The number of carbonyl (C=O) groups excluding carboxylic acids is 2. The quantitative estimate of drug-likeness (QED) is 0.612. The molecule has 138 valence electrons. The van der Waals surface area contributed by atoms with E-state index in [0.717, 1.165) is 9.88 Å². The molecule has 0 fully saturated rings. The maximum absolute atomic E-state index is 12.9. The zero-order chi connectivity index (χ0) is 19.4. The van der Waals surface area contributed by atoms with Gasteiger partial charge in [0.15, 0.2) is 0 Å². The molecular formula is C19H23N3O3S. The number of likely N-dealkylation sites (N-methyl/N-ethyl adjacent to an activating group) is 1. The molecule has 1 atom stereocenters. The molecule has 0 saturated heterocycles. The average Bonchev–Trinajstić information content (AvgIpc) is 3.08. The number of aliphatic hydroxyl groups is 1. The van der Waals surface area contributed by atoms with E-state index < -0.39 is 5.91 Å². The number of carbonyl (C=O) groups is 2. The monoisotopic (exact) mass is 373 g/mol. The number of amides is 2. The summed E-state index contributed by atoms with van der Waals surface area (Å²) >= 11 is 1.48. The predicted molar refractivity (Wildman–Crippen MR) is 103 cm³/mol. The first-order valence-corrected chi connectivity index (χ1v) is 9.30. The van der Waals surface area contributed by atoms with Gasteiger partial charge in [0, 0.05) is 30.1 Å². The van der Waals surface area contributed by atoms with Crippen LogP contribution in [0.5, 0.6) is 0 Å². The Morgan fingerprint density at radius 3 is 2.65 bits per heavy atom. The van der Waals surface area contributed by atoms with E-state index in [1.807, 2.05) is 37.1 Å². The lowest BCUT2D eigenvalue weighted by Gasteiger charge is -2.31. The summed E-state index contributed by atoms with van der Waals surface area (Å²) in [4.78, 5) is 29.4. The van der Waals surface area contributed by atoms with Gasteiger partial charge in [-0.2, -0.15) is 5.26 Å². The second-order valence-electron chi connectivity index (χ2n) is 6.23. The fourth-order valence-corrected chi connectivity index (χ4v) is 3.65. The number of rotatable bonds is 6. The first kappa shape index (κ1) is 19.9. The molecule has 1 aliphatic heterocycles. The normalized spacial score (nSPS) is 17.7. The lowest BCUT2D eigenvalue weighted by Crippen LogP contribution is -2.47. The zero-order valence-corrected chi connectivity index (χ0v) is 16.3. The van der Waals surface area contributed by atoms with Gasteiger partial charge in [0.25, 0.3) is 11.8 Å². The molecule has 6 nitrogen and oxygen atoms in total. The van der Waals surface area contributed by atoms with Gasteiger partial charge in [-0.25, -0.2) is 0 Å². The molecule has 1 aromatic heterocycles. The van der Waals surface area contributed by atoms with Crippen LogP contribution in [0, 0.1) is 11.3 Å². The molecule has 1 unspecified atom stereocenters. The molecule has 1 aliphatic rings. The molecule has 0 spiro atoms. The summed E-state index contributed by atoms with van der Waals surface area (Å²) in [5.41, 5.74) is 0.811. The first-order chi connectivity index (χ1) is 12.3. The highest BCUT2D eigenvalue weighted by Gasteiger charge is 2.37. The fraction of sp³-hybridized carbons (Fsp3) is 0.421. The van der Waals surface area contributed by atoms with Crippen molar-refractivity contribution in [3.05, 3.63) is 33.7 Å². The van der Waals surface area contributed by atoms with Crippen molar-refractivity contribution in [2.45, 2.75) is 33.2 Å². The number of hydrogen-bond acceptors (Lipinski definition) is 6. The van der Waals surface area contributed by atoms with Crippen LogP contribution in [0.4, 0.5) is 5.00 Å². The van der Waals surface area contributed by atoms with Crippen molar-refractivity contribution in [2.75, 3.05) is 25.1 Å². The molecule has 26 heavy (non-hydrogen) atoms. The lowest BCUT2D eigenvalue weighted by atomic mass is 9.93. The highest BCUT2D eigenvalue weighted by molar-refractivity contribution is 7.16. The smallest absolute Gasteiger partial charge is 0.271 e. The third-order valence-electron chi connectivity index (χ3n) is 4.52. The Hall–Kier alpha value is -2.43. The predicted octanol–water partition coefficient (Wildman–Crippen LogP) is 2.57. The van der Waals surface area contributed by atoms with Crippen molar-refractivity contribution < 1.29 is 14.7 Å². The molecule has 2 amide bonds. The molecule has 0 aromatic carbocycles. The van der Waals surface area contributed by atoms with Crippen molar-refractivity contribution in [3.63, 3.8) is 0 Å². The Bertz CT molecular complexity index is 816. The number of nitriles is 1. The summed E-state index contributed by atoms with van der Waals surface area (Å²) in [7, 11) is 1.88. The SMILES string of the molecule is CCC(C)N1C(=O)C(C#N)=C(C)/C(=C\c2ccc(N(C)CCO)s2)C1=O. The van der Waals surface area contributed by atoms with Crippen LogP contribution in [0.2, 0.25) is 0 Å². The second kappa shape index (κ2) is 8.30. The number of aliphatic hydroxyl groups excluding tert-OH is 1. The van der Waals surface area contributed by atoms with Gasteiger partial charge in [-0.05, 0) is 44.1 Å². The van der Waals surface area contributed by atoms with E-state index >= 15 is 0 Å². The Kier molecular flexibility index (Phi) is 6.35. The Balaban J connectivity index is 2.48. The summed E-state index contributed by atoms with van der Waals surface area (Å²) in [6, 6.07) is 5.48. The molecular weight excluding hydrogens is 350 g/mol. The first-order valence-electron chi connectivity index (χ1n) is 8.48. The number of thiophene rings is 1. The Morgan fingerprint density at radius 1 is 1.38 bits per heavy atom. The van der Waals surface area contributed by atoms with Gasteiger partial charge in [0.1, 0.15) is 11.6 Å². The molecule has 0 aliphatic carbocycles. The standard InChI is InChI=1S/C19H23N3O3S/c1-5-12(2)22-18(24)15(13(3)16(11-20)19(22)25)10-14-6-7-17(26-14)21(4)8-9-23/h6-7,10,12,23H,5,8-9H2,1-4H3/b15-10+. The minimum atomic E-state index is -0.518. The summed E-state index contributed by atoms with van der Waals surface area (Å²) < 4.78 is 0. The largest absolute Gasteiger partial charge is 0.395 e. The summed E-state index contributed by atoms with van der Waals surface area (Å²) in [5, 5.41) is 19.4. The average molecular weight is 373 g/mol. The molecule has 2 rings (SSSR count). The van der Waals surface area contributed by atoms with Gasteiger partial charge < -0.3 is 10.0 Å². The molecule has 0 radical (unpaired) electrons. The molecule has 2 heterocycles. The van der Waals surface area contributed by atoms with Gasteiger partial charge >= 0.3 is 0 Å². The highest BCUT2D eigenvalue weighted by Crippen LogP contribution is 2.32. The zero-order valence-electron chi connectivity index (χ0n) is 15.4. The van der Waals surface area contributed by atoms with Crippen molar-refractivity contribution in [2.24, 2.45) is 0 Å². The number of hydrogen-bond donors (Lipinski definition) is 1. The van der Waals surface area contributed by atoms with Crippen molar-refractivity contribution in [1.29, 1.82) is 5.26 Å². The van der Waals surface area contributed by atoms with E-state index in [-0.39, 0.29) is 24.1 Å². The van der Waals surface area contributed by atoms with E-state index in [0.29, 0.717) is 24.1 Å². The number of imide groups is 1. The van der Waals surface area contributed by atoms with Crippen LogP contribution >= 0.6 is 11.3 Å². The van der Waals surface area contributed by atoms with Crippen molar-refractivity contribution in [1.82, 2.24) is 4.90 Å². The van der Waals surface area contributed by atoms with Gasteiger partial charge in [0.2, 0.25) is 0 Å². The molecule has 0 bridgehead atoms. The number of nitrogens with zero attached hydrogens (tertiary/aromatic N) is 3. The van der Waals surface area contributed by atoms with Crippen LogP contribution in [0.25, 0.3) is 6.08 Å². The van der Waals surface area contributed by atoms with Gasteiger partial charge in [-0.15, -0.1) is 11.3 Å². The van der Waals surface area contributed by atoms with Crippen LogP contribution < -0.4 is 4.90 Å². The summed E-state index contributed by atoms with van der Waals surface area (Å²) in [5.74, 6) is -0.879. The summed E-state index contributed by atoms with van der Waals surface area (Å²) in [6.45, 7) is 5.91. The van der Waals surface area contributed by atoms with E-state index in [2.05, 4.69) is 0 Å².